The van der Waals surface area contributed by atoms with E-state index in [-0.39, 0.29) is 6.61 Å². The Balaban J connectivity index is 2.21. The number of hydrogen-bond acceptors (Lipinski definition) is 3. The van der Waals surface area contributed by atoms with Crippen LogP contribution in [0.15, 0.2) is 18.2 Å². The zero-order valence-electron chi connectivity index (χ0n) is 8.77. The van der Waals surface area contributed by atoms with Crippen molar-refractivity contribution in [3.05, 3.63) is 29.3 Å². The maximum Gasteiger partial charge on any atom is 0.101 e. The summed E-state index contributed by atoms with van der Waals surface area (Å²) in [6.45, 7) is 3.97. The van der Waals surface area contributed by atoms with Gasteiger partial charge in [0.25, 0.3) is 0 Å². The molecule has 0 radical (unpaired) electrons. The van der Waals surface area contributed by atoms with Crippen LogP contribution in [0.3, 0.4) is 0 Å². The van der Waals surface area contributed by atoms with E-state index in [0.29, 0.717) is 5.92 Å². The summed E-state index contributed by atoms with van der Waals surface area (Å²) in [5, 5.41) is 17.9. The molecule has 1 aromatic carbocycles. The maximum absolute atomic E-state index is 8.97. The first-order valence-electron chi connectivity index (χ1n) is 5.11. The van der Waals surface area contributed by atoms with Gasteiger partial charge in [0.15, 0.2) is 0 Å². The number of aliphatic hydroxyl groups excluding tert-OH is 1. The van der Waals surface area contributed by atoms with E-state index < -0.39 is 0 Å². The topological polar surface area (TPSA) is 47.3 Å². The van der Waals surface area contributed by atoms with Crippen molar-refractivity contribution in [2.24, 2.45) is 5.92 Å². The first kappa shape index (κ1) is 10.0. The Morgan fingerprint density at radius 1 is 1.53 bits per heavy atom. The summed E-state index contributed by atoms with van der Waals surface area (Å²) in [4.78, 5) is 2.15. The number of aliphatic hydroxyl groups is 1. The molecule has 1 saturated heterocycles. The molecule has 15 heavy (non-hydrogen) atoms. The van der Waals surface area contributed by atoms with E-state index in [2.05, 4.69) is 11.0 Å². The minimum atomic E-state index is 0.240. The Morgan fingerprint density at radius 3 is 2.87 bits per heavy atom. The average molecular weight is 202 g/mol. The monoisotopic (exact) mass is 202 g/mol. The molecule has 1 aromatic rings. The molecule has 0 spiro atoms. The Hall–Kier alpha value is -1.53. The van der Waals surface area contributed by atoms with Crippen molar-refractivity contribution in [1.82, 2.24) is 0 Å². The third kappa shape index (κ3) is 1.81. The second-order valence-corrected chi connectivity index (χ2v) is 4.09. The van der Waals surface area contributed by atoms with E-state index in [4.69, 9.17) is 10.4 Å². The van der Waals surface area contributed by atoms with Crippen molar-refractivity contribution in [1.29, 1.82) is 5.26 Å². The fourth-order valence-corrected chi connectivity index (χ4v) is 1.88. The fraction of sp³-hybridized carbons (Fsp3) is 0.417. The molecule has 0 saturated carbocycles. The van der Waals surface area contributed by atoms with Gasteiger partial charge in [-0.3, -0.25) is 0 Å². The van der Waals surface area contributed by atoms with Crippen LogP contribution in [0, 0.1) is 24.2 Å². The van der Waals surface area contributed by atoms with Gasteiger partial charge in [0.1, 0.15) is 6.07 Å². The van der Waals surface area contributed by atoms with E-state index in [0.717, 1.165) is 29.9 Å². The third-order valence-corrected chi connectivity index (χ3v) is 2.83. The second-order valence-electron chi connectivity index (χ2n) is 4.09. The van der Waals surface area contributed by atoms with E-state index in [1.54, 1.807) is 0 Å². The van der Waals surface area contributed by atoms with Gasteiger partial charge in [-0.15, -0.1) is 0 Å². The van der Waals surface area contributed by atoms with Crippen molar-refractivity contribution in [2.75, 3.05) is 24.6 Å². The van der Waals surface area contributed by atoms with Crippen LogP contribution in [0.5, 0.6) is 0 Å². The summed E-state index contributed by atoms with van der Waals surface area (Å²) in [6.07, 6.45) is 0. The first-order valence-corrected chi connectivity index (χ1v) is 5.11. The molecular weight excluding hydrogens is 188 g/mol. The second kappa shape index (κ2) is 3.92. The molecule has 0 unspecified atom stereocenters. The molecule has 0 atom stereocenters. The minimum absolute atomic E-state index is 0.240. The van der Waals surface area contributed by atoms with Crippen molar-refractivity contribution in [3.63, 3.8) is 0 Å². The first-order chi connectivity index (χ1) is 7.24. The molecule has 1 aliphatic rings. The predicted octanol–water partition coefficient (Wildman–Crippen LogP) is 1.30. The number of rotatable bonds is 2. The van der Waals surface area contributed by atoms with Gasteiger partial charge in [-0.05, 0) is 24.6 Å². The molecule has 3 heteroatoms. The van der Waals surface area contributed by atoms with Crippen molar-refractivity contribution < 1.29 is 5.11 Å². The van der Waals surface area contributed by atoms with E-state index in [1.807, 2.05) is 25.1 Å². The molecule has 1 heterocycles. The molecule has 3 nitrogen and oxygen atoms in total. The number of aryl methyl sites for hydroxylation is 1. The quantitative estimate of drug-likeness (QED) is 0.786. The molecule has 1 N–H and O–H groups in total. The molecule has 0 bridgehead atoms. The number of nitrogens with zero attached hydrogens (tertiary/aromatic N) is 2. The zero-order valence-corrected chi connectivity index (χ0v) is 8.77. The summed E-state index contributed by atoms with van der Waals surface area (Å²) in [5.74, 6) is 0.372. The van der Waals surface area contributed by atoms with Crippen molar-refractivity contribution in [3.8, 4) is 6.07 Å². The predicted molar refractivity (Wildman–Crippen MR) is 58.7 cm³/mol. The van der Waals surface area contributed by atoms with Gasteiger partial charge in [0.2, 0.25) is 0 Å². The van der Waals surface area contributed by atoms with E-state index in [9.17, 15) is 0 Å². The van der Waals surface area contributed by atoms with Crippen molar-refractivity contribution >= 4 is 5.69 Å². The van der Waals surface area contributed by atoms with Crippen LogP contribution in [0.25, 0.3) is 0 Å². The van der Waals surface area contributed by atoms with Crippen LogP contribution in [-0.4, -0.2) is 24.8 Å². The molecule has 78 valence electrons. The molecule has 2 rings (SSSR count). The third-order valence-electron chi connectivity index (χ3n) is 2.83. The van der Waals surface area contributed by atoms with Crippen LogP contribution < -0.4 is 4.90 Å². The summed E-state index contributed by atoms with van der Waals surface area (Å²) >= 11 is 0. The van der Waals surface area contributed by atoms with Crippen LogP contribution in [0.2, 0.25) is 0 Å². The molecule has 1 fully saturated rings. The Bertz CT molecular complexity index is 403. The Kier molecular flexibility index (Phi) is 2.61. The van der Waals surface area contributed by atoms with Gasteiger partial charge in [-0.1, -0.05) is 6.07 Å². The highest BCUT2D eigenvalue weighted by molar-refractivity contribution is 5.62. The van der Waals surface area contributed by atoms with Gasteiger partial charge in [-0.2, -0.15) is 5.26 Å². The van der Waals surface area contributed by atoms with Gasteiger partial charge in [0, 0.05) is 25.6 Å². The summed E-state index contributed by atoms with van der Waals surface area (Å²) < 4.78 is 0. The lowest BCUT2D eigenvalue weighted by Crippen LogP contribution is -2.48. The van der Waals surface area contributed by atoms with Crippen LogP contribution in [0.1, 0.15) is 11.1 Å². The number of benzene rings is 1. The number of nitriles is 1. The smallest absolute Gasteiger partial charge is 0.101 e. The lowest BCUT2D eigenvalue weighted by molar-refractivity contribution is 0.200. The summed E-state index contributed by atoms with van der Waals surface area (Å²) in [7, 11) is 0. The highest BCUT2D eigenvalue weighted by atomic mass is 16.3. The average Bonchev–Trinajstić information content (AvgIpc) is 2.16. The highest BCUT2D eigenvalue weighted by Crippen LogP contribution is 2.28. The summed E-state index contributed by atoms with van der Waals surface area (Å²) in [6, 6.07) is 8.04. The Morgan fingerprint density at radius 2 is 2.27 bits per heavy atom. The maximum atomic E-state index is 8.97. The van der Waals surface area contributed by atoms with Gasteiger partial charge < -0.3 is 10.0 Å². The van der Waals surface area contributed by atoms with Gasteiger partial charge in [0.05, 0.1) is 11.3 Å². The lowest BCUT2D eigenvalue weighted by Gasteiger charge is -2.40. The molecule has 1 aliphatic heterocycles. The van der Waals surface area contributed by atoms with Crippen LogP contribution in [-0.2, 0) is 0 Å². The summed E-state index contributed by atoms with van der Waals surface area (Å²) in [5.41, 5.74) is 2.88. The molecule has 0 amide bonds. The minimum Gasteiger partial charge on any atom is -0.396 e. The standard InChI is InChI=1S/C12H14N2O/c1-9-2-3-11(5-13)12(4-9)14-6-10(7-14)8-15/h2-4,10,15H,6-8H2,1H3. The van der Waals surface area contributed by atoms with Gasteiger partial charge >= 0.3 is 0 Å². The largest absolute Gasteiger partial charge is 0.396 e. The fourth-order valence-electron chi connectivity index (χ4n) is 1.88. The normalized spacial score (nSPS) is 15.9. The number of hydrogen-bond donors (Lipinski definition) is 1. The van der Waals surface area contributed by atoms with E-state index in [1.165, 1.54) is 0 Å². The SMILES string of the molecule is Cc1ccc(C#N)c(N2CC(CO)C2)c1. The van der Waals surface area contributed by atoms with E-state index >= 15 is 0 Å². The Labute approximate surface area is 89.6 Å². The van der Waals surface area contributed by atoms with Crippen molar-refractivity contribution in [2.45, 2.75) is 6.92 Å². The zero-order chi connectivity index (χ0) is 10.8. The molecular formula is C12H14N2O. The molecule has 0 aliphatic carbocycles. The van der Waals surface area contributed by atoms with Crippen LogP contribution in [0.4, 0.5) is 5.69 Å². The highest BCUT2D eigenvalue weighted by Gasteiger charge is 2.27. The number of anilines is 1. The van der Waals surface area contributed by atoms with Crippen LogP contribution >= 0.6 is 0 Å². The molecule has 0 aromatic heterocycles. The lowest BCUT2D eigenvalue weighted by atomic mass is 9.98. The van der Waals surface area contributed by atoms with Gasteiger partial charge in [-0.25, -0.2) is 0 Å².